The molecule has 0 saturated carbocycles. The minimum atomic E-state index is 0.0256. The number of carbonyl (C=O) groups excluding carboxylic acids is 1. The van der Waals surface area contributed by atoms with Crippen LogP contribution in [0.5, 0.6) is 0 Å². The van der Waals surface area contributed by atoms with Gasteiger partial charge in [0.15, 0.2) is 0 Å². The Morgan fingerprint density at radius 2 is 2.06 bits per heavy atom. The topological polar surface area (TPSA) is 46.9 Å². The van der Waals surface area contributed by atoms with Gasteiger partial charge in [-0.2, -0.15) is 5.10 Å². The maximum Gasteiger partial charge on any atom is 0.224 e. The van der Waals surface area contributed by atoms with Gasteiger partial charge in [-0.3, -0.25) is 4.79 Å². The standard InChI is InChI=1S/C14H17N3O/c1-11(2)8-14(18)16-12-9-15-17(10-12)13-6-4-3-5-7-13/h3-7,9-11H,8H2,1-2H3,(H,16,18). The van der Waals surface area contributed by atoms with Crippen molar-refractivity contribution in [2.45, 2.75) is 20.3 Å². The molecule has 0 aliphatic carbocycles. The second-order valence-corrected chi connectivity index (χ2v) is 4.66. The molecule has 1 heterocycles. The number of hydrogen-bond donors (Lipinski definition) is 1. The fraction of sp³-hybridized carbons (Fsp3) is 0.286. The molecular formula is C14H17N3O. The first-order chi connectivity index (χ1) is 8.65. The highest BCUT2D eigenvalue weighted by atomic mass is 16.1. The third kappa shape index (κ3) is 3.20. The van der Waals surface area contributed by atoms with Crippen molar-refractivity contribution < 1.29 is 4.79 Å². The van der Waals surface area contributed by atoms with Crippen LogP contribution < -0.4 is 5.32 Å². The van der Waals surface area contributed by atoms with Gasteiger partial charge in [0, 0.05) is 6.42 Å². The average Bonchev–Trinajstić information content (AvgIpc) is 2.77. The zero-order valence-corrected chi connectivity index (χ0v) is 10.6. The molecular weight excluding hydrogens is 226 g/mol. The minimum absolute atomic E-state index is 0.0256. The predicted octanol–water partition coefficient (Wildman–Crippen LogP) is 2.86. The molecule has 1 aromatic carbocycles. The van der Waals surface area contributed by atoms with Crippen molar-refractivity contribution in [1.82, 2.24) is 9.78 Å². The van der Waals surface area contributed by atoms with Crippen molar-refractivity contribution in [3.8, 4) is 5.69 Å². The van der Waals surface area contributed by atoms with Gasteiger partial charge < -0.3 is 5.32 Å². The minimum Gasteiger partial charge on any atom is -0.323 e. The van der Waals surface area contributed by atoms with Gasteiger partial charge in [0.05, 0.1) is 23.8 Å². The molecule has 1 amide bonds. The highest BCUT2D eigenvalue weighted by Crippen LogP contribution is 2.12. The smallest absolute Gasteiger partial charge is 0.224 e. The van der Waals surface area contributed by atoms with Crippen LogP contribution in [0.4, 0.5) is 5.69 Å². The number of para-hydroxylation sites is 1. The molecule has 1 N–H and O–H groups in total. The first kappa shape index (κ1) is 12.4. The Labute approximate surface area is 107 Å². The monoisotopic (exact) mass is 243 g/mol. The number of nitrogens with one attached hydrogen (secondary N) is 1. The summed E-state index contributed by atoms with van der Waals surface area (Å²) in [7, 11) is 0. The van der Waals surface area contributed by atoms with Crippen LogP contribution in [0.3, 0.4) is 0 Å². The van der Waals surface area contributed by atoms with Crippen LogP contribution in [0.25, 0.3) is 5.69 Å². The number of hydrogen-bond acceptors (Lipinski definition) is 2. The molecule has 0 unspecified atom stereocenters. The lowest BCUT2D eigenvalue weighted by atomic mass is 10.1. The summed E-state index contributed by atoms with van der Waals surface area (Å²) in [5, 5.41) is 7.06. The van der Waals surface area contributed by atoms with Crippen LogP contribution in [-0.2, 0) is 4.79 Å². The zero-order chi connectivity index (χ0) is 13.0. The van der Waals surface area contributed by atoms with E-state index in [1.807, 2.05) is 50.4 Å². The summed E-state index contributed by atoms with van der Waals surface area (Å²) < 4.78 is 1.74. The molecule has 2 rings (SSSR count). The molecule has 0 aliphatic rings. The SMILES string of the molecule is CC(C)CC(=O)Nc1cnn(-c2ccccc2)c1. The summed E-state index contributed by atoms with van der Waals surface area (Å²) >= 11 is 0. The molecule has 18 heavy (non-hydrogen) atoms. The molecule has 4 nitrogen and oxygen atoms in total. The van der Waals surface area contributed by atoms with E-state index in [2.05, 4.69) is 10.4 Å². The van der Waals surface area contributed by atoms with Gasteiger partial charge >= 0.3 is 0 Å². The molecule has 94 valence electrons. The molecule has 0 saturated heterocycles. The largest absolute Gasteiger partial charge is 0.323 e. The van der Waals surface area contributed by atoms with Crippen molar-refractivity contribution >= 4 is 11.6 Å². The van der Waals surface area contributed by atoms with Gasteiger partial charge in [0.1, 0.15) is 0 Å². The molecule has 0 fully saturated rings. The molecule has 0 spiro atoms. The lowest BCUT2D eigenvalue weighted by Crippen LogP contribution is -2.13. The van der Waals surface area contributed by atoms with E-state index in [0.29, 0.717) is 12.3 Å². The van der Waals surface area contributed by atoms with E-state index in [1.54, 1.807) is 10.9 Å². The zero-order valence-electron chi connectivity index (χ0n) is 10.6. The van der Waals surface area contributed by atoms with Gasteiger partial charge in [0.25, 0.3) is 0 Å². The van der Waals surface area contributed by atoms with Gasteiger partial charge in [-0.1, -0.05) is 32.0 Å². The summed E-state index contributed by atoms with van der Waals surface area (Å²) in [6, 6.07) is 9.79. The number of aromatic nitrogens is 2. The molecule has 0 aliphatic heterocycles. The van der Waals surface area contributed by atoms with E-state index in [9.17, 15) is 4.79 Å². The molecule has 0 atom stereocenters. The summed E-state index contributed by atoms with van der Waals surface area (Å²) in [4.78, 5) is 11.6. The summed E-state index contributed by atoms with van der Waals surface area (Å²) in [6.07, 6.45) is 4.00. The Hall–Kier alpha value is -2.10. The Kier molecular flexibility index (Phi) is 3.77. The highest BCUT2D eigenvalue weighted by molar-refractivity contribution is 5.90. The first-order valence-electron chi connectivity index (χ1n) is 6.05. The van der Waals surface area contributed by atoms with Crippen LogP contribution in [0.2, 0.25) is 0 Å². The fourth-order valence-electron chi connectivity index (χ4n) is 1.69. The van der Waals surface area contributed by atoms with Crippen molar-refractivity contribution in [2.75, 3.05) is 5.32 Å². The molecule has 1 aromatic heterocycles. The van der Waals surface area contributed by atoms with Crippen molar-refractivity contribution in [3.63, 3.8) is 0 Å². The van der Waals surface area contributed by atoms with Gasteiger partial charge in [-0.15, -0.1) is 0 Å². The Morgan fingerprint density at radius 3 is 2.72 bits per heavy atom. The number of benzene rings is 1. The van der Waals surface area contributed by atoms with Crippen LogP contribution in [0.15, 0.2) is 42.7 Å². The van der Waals surface area contributed by atoms with Crippen LogP contribution in [0.1, 0.15) is 20.3 Å². The average molecular weight is 243 g/mol. The first-order valence-corrected chi connectivity index (χ1v) is 6.05. The van der Waals surface area contributed by atoms with E-state index in [1.165, 1.54) is 0 Å². The van der Waals surface area contributed by atoms with Crippen molar-refractivity contribution in [2.24, 2.45) is 5.92 Å². The van der Waals surface area contributed by atoms with E-state index in [-0.39, 0.29) is 5.91 Å². The molecule has 4 heteroatoms. The van der Waals surface area contributed by atoms with Crippen LogP contribution in [-0.4, -0.2) is 15.7 Å². The lowest BCUT2D eigenvalue weighted by molar-refractivity contribution is -0.116. The summed E-state index contributed by atoms with van der Waals surface area (Å²) in [6.45, 7) is 4.04. The summed E-state index contributed by atoms with van der Waals surface area (Å²) in [5.74, 6) is 0.381. The van der Waals surface area contributed by atoms with Gasteiger partial charge in [0.2, 0.25) is 5.91 Å². The normalized spacial score (nSPS) is 10.6. The number of rotatable bonds is 4. The molecule has 0 bridgehead atoms. The fourth-order valence-corrected chi connectivity index (χ4v) is 1.69. The second-order valence-electron chi connectivity index (χ2n) is 4.66. The van der Waals surface area contributed by atoms with Crippen molar-refractivity contribution in [1.29, 1.82) is 0 Å². The Bertz CT molecular complexity index is 517. The predicted molar refractivity (Wildman–Crippen MR) is 71.6 cm³/mol. The lowest BCUT2D eigenvalue weighted by Gasteiger charge is -2.04. The number of nitrogens with zero attached hydrogens (tertiary/aromatic N) is 2. The van der Waals surface area contributed by atoms with Crippen LogP contribution >= 0.6 is 0 Å². The van der Waals surface area contributed by atoms with E-state index < -0.39 is 0 Å². The van der Waals surface area contributed by atoms with Crippen LogP contribution in [0, 0.1) is 5.92 Å². The number of carbonyl (C=O) groups is 1. The number of amides is 1. The maximum atomic E-state index is 11.6. The van der Waals surface area contributed by atoms with Gasteiger partial charge in [-0.25, -0.2) is 4.68 Å². The number of anilines is 1. The molecule has 2 aromatic rings. The Morgan fingerprint density at radius 1 is 1.33 bits per heavy atom. The summed E-state index contributed by atoms with van der Waals surface area (Å²) in [5.41, 5.74) is 1.70. The molecule has 0 radical (unpaired) electrons. The third-order valence-electron chi connectivity index (χ3n) is 2.48. The van der Waals surface area contributed by atoms with Gasteiger partial charge in [-0.05, 0) is 18.1 Å². The van der Waals surface area contributed by atoms with Crippen molar-refractivity contribution in [3.05, 3.63) is 42.7 Å². The third-order valence-corrected chi connectivity index (χ3v) is 2.48. The van der Waals surface area contributed by atoms with E-state index in [0.717, 1.165) is 11.4 Å². The maximum absolute atomic E-state index is 11.6. The highest BCUT2D eigenvalue weighted by Gasteiger charge is 2.07. The Balaban J connectivity index is 2.05. The van der Waals surface area contributed by atoms with E-state index >= 15 is 0 Å². The second kappa shape index (κ2) is 5.49. The quantitative estimate of drug-likeness (QED) is 0.897. The van der Waals surface area contributed by atoms with E-state index in [4.69, 9.17) is 0 Å².